The molecule has 2 heterocycles. The quantitative estimate of drug-likeness (QED) is 0.195. The molecule has 0 atom stereocenters. The van der Waals surface area contributed by atoms with E-state index < -0.39 is 0 Å². The Balaban J connectivity index is 1.39. The summed E-state index contributed by atoms with van der Waals surface area (Å²) in [5.74, 6) is 0. The molecule has 8 aromatic rings. The Morgan fingerprint density at radius 3 is 1.27 bits per heavy atom. The summed E-state index contributed by atoms with van der Waals surface area (Å²) in [6.07, 6.45) is 8.27. The molecule has 0 aliphatic rings. The van der Waals surface area contributed by atoms with Crippen molar-refractivity contribution in [3.63, 3.8) is 0 Å². The topological polar surface area (TPSA) is 31.6 Å². The van der Waals surface area contributed by atoms with E-state index in [9.17, 15) is 0 Å². The lowest BCUT2D eigenvalue weighted by Gasteiger charge is -2.19. The maximum atomic E-state index is 3.25. The number of aryl methyl sites for hydroxylation is 2. The largest absolute Gasteiger partial charge is 0.367 e. The minimum absolute atomic E-state index is 1.22. The highest BCUT2D eigenvalue weighted by atomic mass is 14.6. The molecule has 0 aliphatic heterocycles. The van der Waals surface area contributed by atoms with Crippen LogP contribution in [0.25, 0.3) is 77.2 Å². The number of hydrogen-bond acceptors (Lipinski definition) is 0. The van der Waals surface area contributed by atoms with E-state index in [1.807, 2.05) is 0 Å². The molecule has 6 aromatic carbocycles. The average molecular weight is 565 g/mol. The Morgan fingerprint density at radius 1 is 0.341 bits per heavy atom. The summed E-state index contributed by atoms with van der Waals surface area (Å²) in [4.78, 5) is 6.49. The van der Waals surface area contributed by atoms with Crippen molar-refractivity contribution in [2.45, 2.75) is 13.8 Å². The first-order valence-electron chi connectivity index (χ1n) is 15.2. The van der Waals surface area contributed by atoms with Crippen LogP contribution < -0.4 is 0 Å². The van der Waals surface area contributed by atoms with Crippen molar-refractivity contribution in [1.82, 2.24) is 9.97 Å². The Kier molecular flexibility index (Phi) is 6.27. The molecule has 0 spiro atoms. The van der Waals surface area contributed by atoms with E-state index in [0.717, 1.165) is 0 Å². The van der Waals surface area contributed by atoms with Gasteiger partial charge in [0.25, 0.3) is 0 Å². The molecule has 210 valence electrons. The molecule has 0 aliphatic carbocycles. The summed E-state index contributed by atoms with van der Waals surface area (Å²) < 4.78 is 0. The van der Waals surface area contributed by atoms with E-state index in [1.165, 1.54) is 88.3 Å². The van der Waals surface area contributed by atoms with Gasteiger partial charge in [0.2, 0.25) is 0 Å². The first-order chi connectivity index (χ1) is 21.7. The number of aromatic amines is 2. The number of fused-ring (bicyclic) bond motifs is 2. The predicted molar refractivity (Wildman–Crippen MR) is 187 cm³/mol. The molecule has 2 heteroatoms. The maximum absolute atomic E-state index is 3.25. The Morgan fingerprint density at radius 2 is 0.773 bits per heavy atom. The highest BCUT2D eigenvalue weighted by Gasteiger charge is 2.18. The van der Waals surface area contributed by atoms with Crippen LogP contribution in [0, 0.1) is 13.8 Å². The summed E-state index contributed by atoms with van der Waals surface area (Å²) in [5, 5.41) is 5.04. The highest BCUT2D eigenvalue weighted by Crippen LogP contribution is 2.45. The molecule has 44 heavy (non-hydrogen) atoms. The molecule has 0 unspecified atom stereocenters. The van der Waals surface area contributed by atoms with E-state index in [4.69, 9.17) is 0 Å². The van der Waals surface area contributed by atoms with E-state index in [1.54, 1.807) is 0 Å². The third-order valence-corrected chi connectivity index (χ3v) is 9.00. The van der Waals surface area contributed by atoms with Gasteiger partial charge in [-0.05, 0) is 97.1 Å². The molecule has 2 aromatic heterocycles. The second-order valence-electron chi connectivity index (χ2n) is 11.7. The average Bonchev–Trinajstić information content (AvgIpc) is 3.71. The molecule has 8 rings (SSSR count). The monoisotopic (exact) mass is 564 g/mol. The molecule has 0 saturated carbocycles. The van der Waals surface area contributed by atoms with Crippen molar-refractivity contribution in [1.29, 1.82) is 0 Å². The van der Waals surface area contributed by atoms with Gasteiger partial charge < -0.3 is 9.97 Å². The van der Waals surface area contributed by atoms with E-state index in [2.05, 4.69) is 170 Å². The van der Waals surface area contributed by atoms with Crippen molar-refractivity contribution >= 4 is 21.5 Å². The molecule has 0 radical (unpaired) electrons. The molecule has 2 nitrogen and oxygen atoms in total. The van der Waals surface area contributed by atoms with Gasteiger partial charge in [0.05, 0.1) is 0 Å². The lowest BCUT2D eigenvalue weighted by Crippen LogP contribution is -1.92. The van der Waals surface area contributed by atoms with Crippen molar-refractivity contribution in [2.24, 2.45) is 0 Å². The van der Waals surface area contributed by atoms with Crippen molar-refractivity contribution in [3.05, 3.63) is 157 Å². The van der Waals surface area contributed by atoms with Gasteiger partial charge in [0.1, 0.15) is 0 Å². The normalized spacial score (nSPS) is 11.4. The number of H-pyrrole nitrogens is 2. The number of hydrogen-bond donors (Lipinski definition) is 2. The smallest absolute Gasteiger partial charge is 0.00869 e. The molecule has 0 amide bonds. The van der Waals surface area contributed by atoms with Gasteiger partial charge in [-0.1, -0.05) is 115 Å². The van der Waals surface area contributed by atoms with Crippen LogP contribution in [0.4, 0.5) is 0 Å². The van der Waals surface area contributed by atoms with Crippen molar-refractivity contribution in [3.8, 4) is 55.6 Å². The van der Waals surface area contributed by atoms with Crippen molar-refractivity contribution in [2.75, 3.05) is 0 Å². The van der Waals surface area contributed by atoms with Gasteiger partial charge >= 0.3 is 0 Å². The molecular formula is C42H32N2. The predicted octanol–water partition coefficient (Wildman–Crippen LogP) is 11.6. The van der Waals surface area contributed by atoms with Gasteiger partial charge in [-0.3, -0.25) is 0 Å². The van der Waals surface area contributed by atoms with Crippen LogP contribution in [-0.4, -0.2) is 9.97 Å². The number of benzene rings is 6. The van der Waals surface area contributed by atoms with Crippen LogP contribution in [0.5, 0.6) is 0 Å². The summed E-state index contributed by atoms with van der Waals surface area (Å²) in [7, 11) is 0. The number of aromatic nitrogens is 2. The van der Waals surface area contributed by atoms with Gasteiger partial charge in [0, 0.05) is 35.9 Å². The van der Waals surface area contributed by atoms with Crippen LogP contribution in [-0.2, 0) is 0 Å². The van der Waals surface area contributed by atoms with Gasteiger partial charge in [-0.15, -0.1) is 0 Å². The molecule has 0 fully saturated rings. The molecular weight excluding hydrogens is 532 g/mol. The fourth-order valence-electron chi connectivity index (χ4n) is 6.75. The minimum Gasteiger partial charge on any atom is -0.367 e. The summed E-state index contributed by atoms with van der Waals surface area (Å²) in [6, 6.07) is 44.7. The van der Waals surface area contributed by atoms with E-state index in [-0.39, 0.29) is 0 Å². The first-order valence-corrected chi connectivity index (χ1v) is 15.2. The second kappa shape index (κ2) is 10.6. The Labute approximate surface area is 257 Å². The van der Waals surface area contributed by atoms with Crippen LogP contribution in [0.1, 0.15) is 11.1 Å². The number of nitrogens with one attached hydrogen (secondary N) is 2. The van der Waals surface area contributed by atoms with Crippen LogP contribution in [0.3, 0.4) is 0 Å². The second-order valence-corrected chi connectivity index (χ2v) is 11.7. The van der Waals surface area contributed by atoms with Crippen molar-refractivity contribution < 1.29 is 0 Å². The highest BCUT2D eigenvalue weighted by molar-refractivity contribution is 6.22. The molecule has 0 saturated heterocycles. The van der Waals surface area contributed by atoms with Crippen LogP contribution >= 0.6 is 0 Å². The maximum Gasteiger partial charge on any atom is 0.00869 e. The fourth-order valence-corrected chi connectivity index (χ4v) is 6.75. The lowest BCUT2D eigenvalue weighted by molar-refractivity contribution is 1.39. The zero-order chi connectivity index (χ0) is 29.6. The lowest BCUT2D eigenvalue weighted by atomic mass is 9.84. The van der Waals surface area contributed by atoms with E-state index in [0.29, 0.717) is 0 Å². The van der Waals surface area contributed by atoms with Gasteiger partial charge in [-0.25, -0.2) is 0 Å². The number of rotatable bonds is 5. The van der Waals surface area contributed by atoms with Gasteiger partial charge in [0.15, 0.2) is 0 Å². The van der Waals surface area contributed by atoms with E-state index >= 15 is 0 Å². The molecule has 2 N–H and O–H groups in total. The van der Waals surface area contributed by atoms with Crippen LogP contribution in [0.15, 0.2) is 146 Å². The summed E-state index contributed by atoms with van der Waals surface area (Å²) >= 11 is 0. The first kappa shape index (κ1) is 26.1. The van der Waals surface area contributed by atoms with Crippen LogP contribution in [0.2, 0.25) is 0 Å². The summed E-state index contributed by atoms with van der Waals surface area (Å²) in [6.45, 7) is 4.30. The fraction of sp³-hybridized carbons (Fsp3) is 0.0476. The zero-order valence-electron chi connectivity index (χ0n) is 24.9. The standard InChI is InChI=1S/C42H32N2/c1-27-23-43-25-39(27)30-12-16-32(17-13-30)41-35-10-6-7-11-36(35)42(33-18-14-31(15-19-33)40-26-44-24-28(40)2)38-22-34(20-21-37(38)41)29-8-4-3-5-9-29/h3-26,43-44H,1-2H3. The van der Waals surface area contributed by atoms with Gasteiger partial charge in [-0.2, -0.15) is 0 Å². The third kappa shape index (κ3) is 4.35. The SMILES string of the molecule is Cc1c[nH]cc1-c1ccc(-c2c3ccccc3c(-c3ccc(-c4c[nH]cc4C)cc3)c3cc(-c4ccccc4)ccc23)cc1. The Bertz CT molecular complexity index is 2260. The third-order valence-electron chi connectivity index (χ3n) is 9.00. The Hall–Kier alpha value is -5.60. The molecule has 0 bridgehead atoms. The minimum atomic E-state index is 1.22. The summed E-state index contributed by atoms with van der Waals surface area (Å²) in [5.41, 5.74) is 14.9. The zero-order valence-corrected chi connectivity index (χ0v) is 24.9.